The molecule has 1 aliphatic heterocycles. The molecule has 18 heavy (non-hydrogen) atoms. The van der Waals surface area contributed by atoms with E-state index in [0.29, 0.717) is 11.1 Å². The number of piperidine rings is 1. The minimum Gasteiger partial charge on any atom is -0.324 e. The van der Waals surface area contributed by atoms with Crippen molar-refractivity contribution in [1.29, 1.82) is 0 Å². The highest BCUT2D eigenvalue weighted by atomic mass is 35.5. The summed E-state index contributed by atoms with van der Waals surface area (Å²) in [6.07, 6.45) is 1.83. The minimum absolute atomic E-state index is 0. The number of rotatable bonds is 2. The third-order valence-electron chi connectivity index (χ3n) is 3.56. The molecular weight excluding hydrogens is 258 g/mol. The van der Waals surface area contributed by atoms with Gasteiger partial charge in [-0.15, -0.1) is 12.4 Å². The summed E-state index contributed by atoms with van der Waals surface area (Å²) >= 11 is 0. The van der Waals surface area contributed by atoms with E-state index in [2.05, 4.69) is 5.32 Å². The summed E-state index contributed by atoms with van der Waals surface area (Å²) in [5.74, 6) is -1.32. The third-order valence-corrected chi connectivity index (χ3v) is 3.56. The third kappa shape index (κ3) is 2.99. The molecular formula is C13H19ClF2N2. The largest absolute Gasteiger partial charge is 0.324 e. The Hall–Kier alpha value is -0.710. The lowest BCUT2D eigenvalue weighted by atomic mass is 9.86. The van der Waals surface area contributed by atoms with Crippen molar-refractivity contribution in [2.45, 2.75) is 25.8 Å². The lowest BCUT2D eigenvalue weighted by Gasteiger charge is -2.28. The highest BCUT2D eigenvalue weighted by Gasteiger charge is 2.25. The Labute approximate surface area is 112 Å². The van der Waals surface area contributed by atoms with E-state index >= 15 is 0 Å². The van der Waals surface area contributed by atoms with E-state index < -0.39 is 17.7 Å². The zero-order valence-electron chi connectivity index (χ0n) is 10.4. The van der Waals surface area contributed by atoms with E-state index in [1.165, 1.54) is 0 Å². The fourth-order valence-electron chi connectivity index (χ4n) is 2.38. The summed E-state index contributed by atoms with van der Waals surface area (Å²) in [5, 5.41) is 3.23. The van der Waals surface area contributed by atoms with Gasteiger partial charge in [-0.2, -0.15) is 0 Å². The second-order valence-corrected chi connectivity index (χ2v) is 4.71. The van der Waals surface area contributed by atoms with E-state index in [9.17, 15) is 8.78 Å². The van der Waals surface area contributed by atoms with Crippen molar-refractivity contribution in [2.24, 2.45) is 11.7 Å². The topological polar surface area (TPSA) is 38.0 Å². The predicted molar refractivity (Wildman–Crippen MR) is 70.9 cm³/mol. The first-order valence-electron chi connectivity index (χ1n) is 6.02. The number of aryl methyl sites for hydroxylation is 1. The molecule has 5 heteroatoms. The lowest BCUT2D eigenvalue weighted by molar-refractivity contribution is 0.314. The fourth-order valence-corrected chi connectivity index (χ4v) is 2.38. The van der Waals surface area contributed by atoms with Gasteiger partial charge in [-0.3, -0.25) is 0 Å². The monoisotopic (exact) mass is 276 g/mol. The molecule has 0 unspecified atom stereocenters. The van der Waals surface area contributed by atoms with Crippen LogP contribution < -0.4 is 11.1 Å². The number of hydrogen-bond acceptors (Lipinski definition) is 2. The molecule has 1 saturated heterocycles. The van der Waals surface area contributed by atoms with Gasteiger partial charge in [-0.1, -0.05) is 12.1 Å². The van der Waals surface area contributed by atoms with Crippen molar-refractivity contribution < 1.29 is 8.78 Å². The van der Waals surface area contributed by atoms with Crippen LogP contribution in [0.2, 0.25) is 0 Å². The van der Waals surface area contributed by atoms with Gasteiger partial charge < -0.3 is 11.1 Å². The summed E-state index contributed by atoms with van der Waals surface area (Å²) in [6.45, 7) is 3.35. The van der Waals surface area contributed by atoms with Crippen LogP contribution in [-0.2, 0) is 0 Å². The molecule has 102 valence electrons. The smallest absolute Gasteiger partial charge is 0.163 e. The van der Waals surface area contributed by atoms with Crippen molar-refractivity contribution >= 4 is 12.4 Å². The van der Waals surface area contributed by atoms with Crippen molar-refractivity contribution in [3.63, 3.8) is 0 Å². The molecule has 1 heterocycles. The van der Waals surface area contributed by atoms with Gasteiger partial charge >= 0.3 is 0 Å². The molecule has 1 aromatic rings. The summed E-state index contributed by atoms with van der Waals surface area (Å²) in [4.78, 5) is 0. The molecule has 2 rings (SSSR count). The van der Waals surface area contributed by atoms with Crippen LogP contribution in [0.4, 0.5) is 8.78 Å². The first kappa shape index (κ1) is 15.3. The van der Waals surface area contributed by atoms with Gasteiger partial charge in [-0.05, 0) is 44.3 Å². The molecule has 0 aliphatic carbocycles. The average Bonchev–Trinajstić information content (AvgIpc) is 2.36. The summed E-state index contributed by atoms with van der Waals surface area (Å²) < 4.78 is 27.3. The maximum absolute atomic E-state index is 13.8. The van der Waals surface area contributed by atoms with Crippen LogP contribution in [-0.4, -0.2) is 13.1 Å². The quantitative estimate of drug-likeness (QED) is 0.872. The number of benzene rings is 1. The molecule has 1 aromatic carbocycles. The molecule has 0 spiro atoms. The molecule has 1 aliphatic rings. The summed E-state index contributed by atoms with van der Waals surface area (Å²) in [7, 11) is 0. The number of nitrogens with one attached hydrogen (secondary N) is 1. The molecule has 0 radical (unpaired) electrons. The SMILES string of the molecule is Cc1ccc([C@H](N)C2CCNCC2)c(F)c1F.Cl. The molecule has 0 amide bonds. The van der Waals surface area contributed by atoms with Crippen LogP contribution in [0, 0.1) is 24.5 Å². The Morgan fingerprint density at radius 3 is 2.44 bits per heavy atom. The van der Waals surface area contributed by atoms with E-state index in [1.807, 2.05) is 0 Å². The Morgan fingerprint density at radius 2 is 1.83 bits per heavy atom. The number of halogens is 3. The van der Waals surface area contributed by atoms with E-state index in [-0.39, 0.29) is 18.3 Å². The van der Waals surface area contributed by atoms with Crippen molar-refractivity contribution in [3.05, 3.63) is 34.9 Å². The predicted octanol–water partition coefficient (Wildman–Crippen LogP) is 2.69. The Morgan fingerprint density at radius 1 is 1.22 bits per heavy atom. The van der Waals surface area contributed by atoms with Gasteiger partial charge in [-0.25, -0.2) is 8.78 Å². The van der Waals surface area contributed by atoms with Crippen molar-refractivity contribution in [2.75, 3.05) is 13.1 Å². The maximum atomic E-state index is 13.8. The average molecular weight is 277 g/mol. The van der Waals surface area contributed by atoms with Gasteiger partial charge in [0.2, 0.25) is 0 Å². The zero-order valence-corrected chi connectivity index (χ0v) is 11.2. The molecule has 0 aromatic heterocycles. The zero-order chi connectivity index (χ0) is 12.4. The first-order valence-corrected chi connectivity index (χ1v) is 6.02. The van der Waals surface area contributed by atoms with Crippen LogP contribution in [0.1, 0.15) is 30.0 Å². The van der Waals surface area contributed by atoms with Crippen LogP contribution in [0.15, 0.2) is 12.1 Å². The molecule has 0 bridgehead atoms. The van der Waals surface area contributed by atoms with Gasteiger partial charge in [0.05, 0.1) is 0 Å². The summed E-state index contributed by atoms with van der Waals surface area (Å²) in [5.41, 5.74) is 6.68. The normalized spacial score (nSPS) is 18.2. The Kier molecular flexibility index (Phi) is 5.50. The van der Waals surface area contributed by atoms with Crippen molar-refractivity contribution in [1.82, 2.24) is 5.32 Å². The highest BCUT2D eigenvalue weighted by Crippen LogP contribution is 2.29. The van der Waals surface area contributed by atoms with Gasteiger partial charge in [0, 0.05) is 11.6 Å². The first-order chi connectivity index (χ1) is 8.11. The van der Waals surface area contributed by atoms with E-state index in [1.54, 1.807) is 19.1 Å². The van der Waals surface area contributed by atoms with Crippen LogP contribution in [0.25, 0.3) is 0 Å². The second kappa shape index (κ2) is 6.45. The lowest BCUT2D eigenvalue weighted by Crippen LogP contribution is -2.34. The van der Waals surface area contributed by atoms with E-state index in [0.717, 1.165) is 25.9 Å². The Bertz CT molecular complexity index is 406. The van der Waals surface area contributed by atoms with Crippen LogP contribution >= 0.6 is 12.4 Å². The molecule has 3 N–H and O–H groups in total. The molecule has 2 nitrogen and oxygen atoms in total. The minimum atomic E-state index is -0.781. The van der Waals surface area contributed by atoms with Crippen LogP contribution in [0.3, 0.4) is 0 Å². The summed E-state index contributed by atoms with van der Waals surface area (Å²) in [6, 6.07) is 2.79. The van der Waals surface area contributed by atoms with Gasteiger partial charge in [0.1, 0.15) is 0 Å². The van der Waals surface area contributed by atoms with Gasteiger partial charge in [0.15, 0.2) is 11.6 Å². The number of hydrogen-bond donors (Lipinski definition) is 2. The fraction of sp³-hybridized carbons (Fsp3) is 0.538. The molecule has 0 saturated carbocycles. The number of nitrogens with two attached hydrogens (primary N) is 1. The van der Waals surface area contributed by atoms with Crippen molar-refractivity contribution in [3.8, 4) is 0 Å². The molecule has 1 fully saturated rings. The Balaban J connectivity index is 0.00000162. The molecule has 1 atom stereocenters. The van der Waals surface area contributed by atoms with Crippen LogP contribution in [0.5, 0.6) is 0 Å². The van der Waals surface area contributed by atoms with E-state index in [4.69, 9.17) is 5.73 Å². The maximum Gasteiger partial charge on any atom is 0.163 e. The second-order valence-electron chi connectivity index (χ2n) is 4.71. The van der Waals surface area contributed by atoms with Gasteiger partial charge in [0.25, 0.3) is 0 Å². The standard InChI is InChI=1S/C13H18F2N2.ClH/c1-8-2-3-10(12(15)11(8)14)13(16)9-4-6-17-7-5-9;/h2-3,9,13,17H,4-7,16H2,1H3;1H/t13-;/m1./s1. The highest BCUT2D eigenvalue weighted by molar-refractivity contribution is 5.85.